The van der Waals surface area contributed by atoms with Crippen molar-refractivity contribution in [3.05, 3.63) is 51.6 Å². The van der Waals surface area contributed by atoms with Crippen molar-refractivity contribution in [2.75, 3.05) is 18.4 Å². The maximum atomic E-state index is 13.4. The summed E-state index contributed by atoms with van der Waals surface area (Å²) in [4.78, 5) is 35.2. The second kappa shape index (κ2) is 7.88. The lowest BCUT2D eigenvalue weighted by Crippen LogP contribution is -2.56. The van der Waals surface area contributed by atoms with Gasteiger partial charge in [-0.25, -0.2) is 18.7 Å². The summed E-state index contributed by atoms with van der Waals surface area (Å²) in [7, 11) is 0. The molecule has 2 aliphatic heterocycles. The molecule has 2 fully saturated rings. The standard InChI is InChI=1S/C23H22F2N4O2S/c24-23(25)12-22(13-23)9-17-7-16(10-26-20(17)28-21(22)31)1-2-19(30)29-5-3-15(4-6-29)8-18-11-32-14-27-18/h1-2,7-8,10-11,14H,3-6,9,12-13H2,(H,26,28,31). The Morgan fingerprint density at radius 3 is 2.69 bits per heavy atom. The van der Waals surface area contributed by atoms with Gasteiger partial charge < -0.3 is 10.2 Å². The highest BCUT2D eigenvalue weighted by atomic mass is 32.1. The van der Waals surface area contributed by atoms with E-state index < -0.39 is 24.2 Å². The molecule has 0 aromatic carbocycles. The number of fused-ring (bicyclic) bond motifs is 1. The summed E-state index contributed by atoms with van der Waals surface area (Å²) >= 11 is 1.56. The van der Waals surface area contributed by atoms with Crippen LogP contribution in [0.15, 0.2) is 34.8 Å². The summed E-state index contributed by atoms with van der Waals surface area (Å²) in [6.07, 6.45) is 7.90. The smallest absolute Gasteiger partial charge is 0.250 e. The molecule has 0 bridgehead atoms. The summed E-state index contributed by atoms with van der Waals surface area (Å²) in [6.45, 7) is 1.31. The number of nitrogens with zero attached hydrogens (tertiary/aromatic N) is 3. The van der Waals surface area contributed by atoms with Gasteiger partial charge in [0.2, 0.25) is 17.7 Å². The molecule has 2 amide bonds. The molecule has 0 radical (unpaired) electrons. The number of carbonyl (C=O) groups is 2. The molecule has 32 heavy (non-hydrogen) atoms. The number of piperidine rings is 1. The Kier molecular flexibility index (Phi) is 5.16. The summed E-state index contributed by atoms with van der Waals surface area (Å²) in [6, 6.07) is 1.81. The van der Waals surface area contributed by atoms with Gasteiger partial charge in [-0.1, -0.05) is 5.57 Å². The van der Waals surface area contributed by atoms with Crippen LogP contribution in [-0.4, -0.2) is 45.7 Å². The Hall–Kier alpha value is -2.94. The Morgan fingerprint density at radius 2 is 2.00 bits per heavy atom. The molecule has 166 valence electrons. The lowest BCUT2D eigenvalue weighted by molar-refractivity contribution is -0.175. The van der Waals surface area contributed by atoms with E-state index >= 15 is 0 Å². The van der Waals surface area contributed by atoms with Crippen LogP contribution in [0, 0.1) is 5.41 Å². The highest BCUT2D eigenvalue weighted by molar-refractivity contribution is 7.07. The first-order chi connectivity index (χ1) is 15.3. The molecule has 1 saturated carbocycles. The van der Waals surface area contributed by atoms with Crippen LogP contribution in [0.4, 0.5) is 14.6 Å². The third-order valence-electron chi connectivity index (χ3n) is 6.36. The van der Waals surface area contributed by atoms with E-state index in [9.17, 15) is 18.4 Å². The molecule has 1 aliphatic carbocycles. The third-order valence-corrected chi connectivity index (χ3v) is 6.97. The van der Waals surface area contributed by atoms with E-state index in [2.05, 4.69) is 21.4 Å². The van der Waals surface area contributed by atoms with E-state index in [1.54, 1.807) is 29.1 Å². The minimum atomic E-state index is -2.78. The summed E-state index contributed by atoms with van der Waals surface area (Å²) in [5, 5.41) is 4.67. The number of rotatable bonds is 3. The number of hydrogen-bond acceptors (Lipinski definition) is 5. The number of anilines is 1. The zero-order valence-electron chi connectivity index (χ0n) is 17.3. The molecule has 1 N–H and O–H groups in total. The zero-order valence-corrected chi connectivity index (χ0v) is 18.1. The average molecular weight is 457 g/mol. The van der Waals surface area contributed by atoms with Crippen molar-refractivity contribution in [2.24, 2.45) is 5.41 Å². The van der Waals surface area contributed by atoms with Crippen molar-refractivity contribution in [3.8, 4) is 0 Å². The largest absolute Gasteiger partial charge is 0.339 e. The molecule has 3 aliphatic rings. The van der Waals surface area contributed by atoms with Gasteiger partial charge in [-0.2, -0.15) is 0 Å². The normalized spacial score (nSPS) is 21.2. The molecular formula is C23H22F2N4O2S. The lowest BCUT2D eigenvalue weighted by atomic mass is 9.61. The number of amides is 2. The number of aromatic nitrogens is 2. The number of carbonyl (C=O) groups excluding carboxylic acids is 2. The van der Waals surface area contributed by atoms with E-state index in [1.165, 1.54) is 11.6 Å². The topological polar surface area (TPSA) is 75.2 Å². The number of alkyl halides is 2. The second-order valence-electron chi connectivity index (χ2n) is 8.77. The van der Waals surface area contributed by atoms with E-state index in [4.69, 9.17) is 0 Å². The summed E-state index contributed by atoms with van der Waals surface area (Å²) in [5.74, 6) is -2.82. The fraction of sp³-hybridized carbons (Fsp3) is 0.391. The van der Waals surface area contributed by atoms with Crippen LogP contribution in [0.25, 0.3) is 12.2 Å². The summed E-state index contributed by atoms with van der Waals surface area (Å²) < 4.78 is 26.9. The predicted molar refractivity (Wildman–Crippen MR) is 118 cm³/mol. The number of likely N-dealkylation sites (tertiary alicyclic amines) is 1. The van der Waals surface area contributed by atoms with Crippen molar-refractivity contribution in [3.63, 3.8) is 0 Å². The number of nitrogens with one attached hydrogen (secondary N) is 1. The minimum absolute atomic E-state index is 0.0705. The van der Waals surface area contributed by atoms with E-state index in [1.807, 2.05) is 16.3 Å². The second-order valence-corrected chi connectivity index (χ2v) is 9.49. The van der Waals surface area contributed by atoms with Gasteiger partial charge in [-0.05, 0) is 48.6 Å². The van der Waals surface area contributed by atoms with Gasteiger partial charge >= 0.3 is 0 Å². The van der Waals surface area contributed by atoms with Crippen LogP contribution in [-0.2, 0) is 16.0 Å². The monoisotopic (exact) mass is 456 g/mol. The maximum absolute atomic E-state index is 13.4. The molecule has 4 heterocycles. The minimum Gasteiger partial charge on any atom is -0.339 e. The zero-order chi connectivity index (χ0) is 22.3. The molecule has 1 saturated heterocycles. The van der Waals surface area contributed by atoms with Gasteiger partial charge in [0.25, 0.3) is 0 Å². The Balaban J connectivity index is 1.22. The van der Waals surface area contributed by atoms with Crippen molar-refractivity contribution < 1.29 is 18.4 Å². The number of halogens is 2. The van der Waals surface area contributed by atoms with Crippen molar-refractivity contribution in [2.45, 2.75) is 38.0 Å². The molecule has 9 heteroatoms. The molecule has 2 aromatic rings. The van der Waals surface area contributed by atoms with Gasteiger partial charge in [-0.3, -0.25) is 9.59 Å². The summed E-state index contributed by atoms with van der Waals surface area (Å²) in [5.41, 5.74) is 4.45. The van der Waals surface area contributed by atoms with Crippen LogP contribution in [0.3, 0.4) is 0 Å². The van der Waals surface area contributed by atoms with Crippen LogP contribution < -0.4 is 5.32 Å². The van der Waals surface area contributed by atoms with Crippen LogP contribution in [0.1, 0.15) is 42.5 Å². The van der Waals surface area contributed by atoms with Crippen molar-refractivity contribution in [1.29, 1.82) is 0 Å². The van der Waals surface area contributed by atoms with Crippen LogP contribution >= 0.6 is 11.3 Å². The average Bonchev–Trinajstić information content (AvgIpc) is 3.25. The van der Waals surface area contributed by atoms with Gasteiger partial charge in [0, 0.05) is 43.6 Å². The molecular weight excluding hydrogens is 434 g/mol. The first kappa shape index (κ1) is 20.9. The third kappa shape index (κ3) is 4.09. The fourth-order valence-corrected chi connectivity index (χ4v) is 5.22. The maximum Gasteiger partial charge on any atom is 0.250 e. The van der Waals surface area contributed by atoms with Gasteiger partial charge in [0.05, 0.1) is 16.6 Å². The fourth-order valence-electron chi connectivity index (χ4n) is 4.71. The molecule has 0 unspecified atom stereocenters. The van der Waals surface area contributed by atoms with Crippen LogP contribution in [0.2, 0.25) is 0 Å². The molecule has 5 rings (SSSR count). The Bertz CT molecular complexity index is 1110. The molecule has 6 nitrogen and oxygen atoms in total. The first-order valence-electron chi connectivity index (χ1n) is 10.5. The van der Waals surface area contributed by atoms with E-state index in [0.717, 1.165) is 24.1 Å². The molecule has 1 spiro atoms. The number of pyridine rings is 1. The number of hydrogen-bond donors (Lipinski definition) is 1. The lowest BCUT2D eigenvalue weighted by Gasteiger charge is -2.48. The highest BCUT2D eigenvalue weighted by Crippen LogP contribution is 2.56. The first-order valence-corrected chi connectivity index (χ1v) is 11.5. The Labute approximate surface area is 188 Å². The molecule has 0 atom stereocenters. The van der Waals surface area contributed by atoms with Gasteiger partial charge in [0.1, 0.15) is 5.82 Å². The van der Waals surface area contributed by atoms with E-state index in [-0.39, 0.29) is 18.2 Å². The van der Waals surface area contributed by atoms with Crippen molar-refractivity contribution in [1.82, 2.24) is 14.9 Å². The SMILES string of the molecule is O=C(C=Cc1cnc2c(c1)CC1(CC(F)(F)C1)C(=O)N2)N1CCC(=Cc2cscn2)CC1. The highest BCUT2D eigenvalue weighted by Gasteiger charge is 2.61. The quantitative estimate of drug-likeness (QED) is 0.704. The van der Waals surface area contributed by atoms with Crippen LogP contribution in [0.5, 0.6) is 0 Å². The van der Waals surface area contributed by atoms with Gasteiger partial charge in [0.15, 0.2) is 0 Å². The van der Waals surface area contributed by atoms with E-state index in [0.29, 0.717) is 24.5 Å². The predicted octanol–water partition coefficient (Wildman–Crippen LogP) is 4.17. The molecule has 2 aromatic heterocycles. The number of thiazole rings is 1. The van der Waals surface area contributed by atoms with Gasteiger partial charge in [-0.15, -0.1) is 11.3 Å². The van der Waals surface area contributed by atoms with Crippen molar-refractivity contribution >= 4 is 41.1 Å². The Morgan fingerprint density at radius 1 is 1.22 bits per heavy atom.